The van der Waals surface area contributed by atoms with Gasteiger partial charge in [-0.1, -0.05) is 61.5 Å². The summed E-state index contributed by atoms with van der Waals surface area (Å²) in [6.07, 6.45) is 2.75. The van der Waals surface area contributed by atoms with Gasteiger partial charge in [-0.25, -0.2) is 13.1 Å². The van der Waals surface area contributed by atoms with Gasteiger partial charge in [0.05, 0.1) is 18.1 Å². The normalized spacial score (nSPS) is 15.5. The fourth-order valence-electron chi connectivity index (χ4n) is 5.12. The SMILES string of the molecule is CCNS(=O)(=O)c1ccc(CCC(=O)N(Cc2ccc(OC)cc2)[C@@H](Cc2ccccc2)C(=O)NC[C@@H]2CCCO2)cc1. The molecule has 230 valence electrons. The van der Waals surface area contributed by atoms with Crippen molar-refractivity contribution in [2.45, 2.75) is 62.6 Å². The Morgan fingerprint density at radius 3 is 2.30 bits per heavy atom. The third-order valence-corrected chi connectivity index (χ3v) is 9.07. The number of aryl methyl sites for hydroxylation is 1. The van der Waals surface area contributed by atoms with E-state index in [1.165, 1.54) is 0 Å². The van der Waals surface area contributed by atoms with E-state index in [1.807, 2.05) is 54.6 Å². The van der Waals surface area contributed by atoms with Crippen molar-refractivity contribution in [3.8, 4) is 5.75 Å². The molecule has 2 N–H and O–H groups in total. The number of carbonyl (C=O) groups is 2. The zero-order valence-electron chi connectivity index (χ0n) is 24.8. The Hall–Kier alpha value is -3.73. The van der Waals surface area contributed by atoms with E-state index in [-0.39, 0.29) is 35.8 Å². The molecule has 1 fully saturated rings. The van der Waals surface area contributed by atoms with Gasteiger partial charge >= 0.3 is 0 Å². The lowest BCUT2D eigenvalue weighted by Gasteiger charge is -2.32. The summed E-state index contributed by atoms with van der Waals surface area (Å²) in [7, 11) is -1.96. The molecular weight excluding hydrogens is 566 g/mol. The smallest absolute Gasteiger partial charge is 0.243 e. The molecule has 0 saturated carbocycles. The Balaban J connectivity index is 1.56. The molecule has 0 aromatic heterocycles. The molecule has 1 saturated heterocycles. The number of carbonyl (C=O) groups excluding carboxylic acids is 2. The van der Waals surface area contributed by atoms with Crippen LogP contribution in [0.2, 0.25) is 0 Å². The summed E-state index contributed by atoms with van der Waals surface area (Å²) in [6.45, 7) is 3.36. The van der Waals surface area contributed by atoms with Crippen LogP contribution in [-0.4, -0.2) is 64.1 Å². The number of benzene rings is 3. The van der Waals surface area contributed by atoms with Crippen LogP contribution in [0.3, 0.4) is 0 Å². The Bertz CT molecular complexity index is 1420. The van der Waals surface area contributed by atoms with Crippen LogP contribution in [0.5, 0.6) is 5.75 Å². The topological polar surface area (TPSA) is 114 Å². The number of sulfonamides is 1. The van der Waals surface area contributed by atoms with Crippen molar-refractivity contribution in [3.05, 3.63) is 95.6 Å². The maximum Gasteiger partial charge on any atom is 0.243 e. The average Bonchev–Trinajstić information content (AvgIpc) is 3.55. The zero-order chi connectivity index (χ0) is 30.7. The maximum atomic E-state index is 13.9. The van der Waals surface area contributed by atoms with Crippen LogP contribution < -0.4 is 14.8 Å². The fourth-order valence-corrected chi connectivity index (χ4v) is 6.16. The van der Waals surface area contributed by atoms with Crippen LogP contribution in [0.25, 0.3) is 0 Å². The van der Waals surface area contributed by atoms with Crippen molar-refractivity contribution < 1.29 is 27.5 Å². The first-order chi connectivity index (χ1) is 20.8. The van der Waals surface area contributed by atoms with Crippen LogP contribution in [0.4, 0.5) is 0 Å². The summed E-state index contributed by atoms with van der Waals surface area (Å²) < 4.78 is 38.1. The van der Waals surface area contributed by atoms with Crippen LogP contribution in [0.1, 0.15) is 42.9 Å². The first kappa shape index (κ1) is 32.2. The lowest BCUT2D eigenvalue weighted by molar-refractivity contribution is -0.141. The van der Waals surface area contributed by atoms with E-state index in [0.717, 1.165) is 29.5 Å². The number of nitrogens with zero attached hydrogens (tertiary/aromatic N) is 1. The van der Waals surface area contributed by atoms with Gasteiger partial charge in [0, 0.05) is 39.1 Å². The Morgan fingerprint density at radius 2 is 1.67 bits per heavy atom. The highest BCUT2D eigenvalue weighted by Gasteiger charge is 2.31. The van der Waals surface area contributed by atoms with Gasteiger partial charge in [0.2, 0.25) is 21.8 Å². The third-order valence-electron chi connectivity index (χ3n) is 7.51. The van der Waals surface area contributed by atoms with E-state index in [1.54, 1.807) is 43.2 Å². The van der Waals surface area contributed by atoms with E-state index in [9.17, 15) is 18.0 Å². The molecule has 2 amide bonds. The molecule has 4 rings (SSSR count). The van der Waals surface area contributed by atoms with Crippen molar-refractivity contribution in [3.63, 3.8) is 0 Å². The van der Waals surface area contributed by atoms with Crippen LogP contribution in [0, 0.1) is 0 Å². The molecule has 0 radical (unpaired) electrons. The summed E-state index contributed by atoms with van der Waals surface area (Å²) in [5, 5.41) is 3.05. The summed E-state index contributed by atoms with van der Waals surface area (Å²) >= 11 is 0. The average molecular weight is 608 g/mol. The summed E-state index contributed by atoms with van der Waals surface area (Å²) in [4.78, 5) is 29.5. The predicted octanol–water partition coefficient (Wildman–Crippen LogP) is 3.86. The molecule has 43 heavy (non-hydrogen) atoms. The number of hydrogen-bond donors (Lipinski definition) is 2. The number of hydrogen-bond acceptors (Lipinski definition) is 6. The minimum absolute atomic E-state index is 0.0219. The van der Waals surface area contributed by atoms with Gasteiger partial charge in [0.25, 0.3) is 0 Å². The van der Waals surface area contributed by atoms with Crippen molar-refractivity contribution in [2.75, 3.05) is 26.8 Å². The first-order valence-corrected chi connectivity index (χ1v) is 16.2. The van der Waals surface area contributed by atoms with Crippen LogP contribution >= 0.6 is 0 Å². The van der Waals surface area contributed by atoms with Gasteiger partial charge in [0.1, 0.15) is 11.8 Å². The summed E-state index contributed by atoms with van der Waals surface area (Å²) in [5.41, 5.74) is 2.65. The number of rotatable bonds is 15. The Labute approximate surface area is 254 Å². The van der Waals surface area contributed by atoms with Crippen molar-refractivity contribution in [2.24, 2.45) is 0 Å². The second-order valence-corrected chi connectivity index (χ2v) is 12.4. The van der Waals surface area contributed by atoms with Gasteiger partial charge in [-0.3, -0.25) is 9.59 Å². The molecule has 1 aliphatic rings. The minimum Gasteiger partial charge on any atom is -0.497 e. The van der Waals surface area contributed by atoms with Gasteiger partial charge in [-0.05, 0) is 60.2 Å². The van der Waals surface area contributed by atoms with Crippen molar-refractivity contribution in [1.29, 1.82) is 0 Å². The van der Waals surface area contributed by atoms with Gasteiger partial charge in [0.15, 0.2) is 0 Å². The second-order valence-electron chi connectivity index (χ2n) is 10.6. The zero-order valence-corrected chi connectivity index (χ0v) is 25.6. The molecule has 0 unspecified atom stereocenters. The number of ether oxygens (including phenoxy) is 2. The number of nitrogens with one attached hydrogen (secondary N) is 2. The quantitative estimate of drug-likeness (QED) is 0.271. The van der Waals surface area contributed by atoms with Crippen molar-refractivity contribution in [1.82, 2.24) is 14.9 Å². The Kier molecular flexibility index (Phi) is 11.7. The molecule has 10 heteroatoms. The molecule has 9 nitrogen and oxygen atoms in total. The second kappa shape index (κ2) is 15.7. The third kappa shape index (κ3) is 9.38. The molecule has 2 atom stereocenters. The molecule has 3 aromatic rings. The maximum absolute atomic E-state index is 13.9. The highest BCUT2D eigenvalue weighted by atomic mass is 32.2. The Morgan fingerprint density at radius 1 is 0.977 bits per heavy atom. The number of methoxy groups -OCH3 is 1. The van der Waals surface area contributed by atoms with Crippen LogP contribution in [0.15, 0.2) is 83.8 Å². The largest absolute Gasteiger partial charge is 0.497 e. The highest BCUT2D eigenvalue weighted by Crippen LogP contribution is 2.20. The van der Waals surface area contributed by atoms with Gasteiger partial charge in [-0.15, -0.1) is 0 Å². The molecule has 3 aromatic carbocycles. The fraction of sp³-hybridized carbons (Fsp3) is 0.394. The molecule has 1 aliphatic heterocycles. The highest BCUT2D eigenvalue weighted by molar-refractivity contribution is 7.89. The molecule has 0 aliphatic carbocycles. The first-order valence-electron chi connectivity index (χ1n) is 14.7. The van der Waals surface area contributed by atoms with E-state index in [2.05, 4.69) is 10.0 Å². The summed E-state index contributed by atoms with van der Waals surface area (Å²) in [5.74, 6) is 0.309. The monoisotopic (exact) mass is 607 g/mol. The van der Waals surface area contributed by atoms with E-state index < -0.39 is 16.1 Å². The standard InChI is InChI=1S/C33H41N3O6S/c1-3-35-43(39,40)30-18-13-25(14-19-30)15-20-32(37)36(24-27-11-16-28(41-2)17-12-27)31(22-26-8-5-4-6-9-26)33(38)34-23-29-10-7-21-42-29/h4-6,8-9,11-14,16-19,29,31,35H,3,7,10,15,20-24H2,1-2H3,(H,34,38)/t29-,31-/m0/s1. The molecule has 0 bridgehead atoms. The van der Waals surface area contributed by atoms with E-state index >= 15 is 0 Å². The minimum atomic E-state index is -3.56. The van der Waals surface area contributed by atoms with Gasteiger partial charge in [-0.2, -0.15) is 0 Å². The molecular formula is C33H41N3O6S. The number of amides is 2. The summed E-state index contributed by atoms with van der Waals surface area (Å²) in [6, 6.07) is 22.9. The van der Waals surface area contributed by atoms with Gasteiger partial charge < -0.3 is 19.7 Å². The van der Waals surface area contributed by atoms with E-state index in [0.29, 0.717) is 38.3 Å². The van der Waals surface area contributed by atoms with E-state index in [4.69, 9.17) is 9.47 Å². The van der Waals surface area contributed by atoms with Crippen LogP contribution in [-0.2, 0) is 43.7 Å². The van der Waals surface area contributed by atoms with Crippen molar-refractivity contribution >= 4 is 21.8 Å². The predicted molar refractivity (Wildman–Crippen MR) is 165 cm³/mol. The lowest BCUT2D eigenvalue weighted by atomic mass is 10.0. The molecule has 0 spiro atoms. The lowest BCUT2D eigenvalue weighted by Crippen LogP contribution is -2.51. The molecule has 1 heterocycles.